The second kappa shape index (κ2) is 8.28. The fraction of sp³-hybridized carbons (Fsp3) is 0.0800. The summed E-state index contributed by atoms with van der Waals surface area (Å²) in [6.45, 7) is 4.21. The van der Waals surface area contributed by atoms with Gasteiger partial charge in [-0.1, -0.05) is 35.5 Å². The number of para-hydroxylation sites is 1. The van der Waals surface area contributed by atoms with Crippen molar-refractivity contribution in [2.45, 2.75) is 13.8 Å². The number of benzene rings is 3. The maximum absolute atomic E-state index is 6.39. The first-order valence-electron chi connectivity index (χ1n) is 10.2. The van der Waals surface area contributed by atoms with Crippen molar-refractivity contribution in [1.82, 2.24) is 20.0 Å². The summed E-state index contributed by atoms with van der Waals surface area (Å²) in [6, 6.07) is 23.5. The molecule has 0 spiro atoms. The number of nitrogens with zero attached hydrogens (tertiary/aromatic N) is 4. The van der Waals surface area contributed by atoms with E-state index in [0.29, 0.717) is 11.5 Å². The largest absolute Gasteiger partial charge is 0.457 e. The third-order valence-corrected chi connectivity index (χ3v) is 6.12. The average molecular weight is 440 g/mol. The van der Waals surface area contributed by atoms with E-state index in [1.807, 2.05) is 60.0 Å². The number of nitrogens with two attached hydrogens (primary N) is 1. The molecule has 0 atom stereocenters. The van der Waals surface area contributed by atoms with Crippen LogP contribution in [-0.2, 0) is 0 Å². The highest BCUT2D eigenvalue weighted by molar-refractivity contribution is 7.13. The van der Waals surface area contributed by atoms with Crippen molar-refractivity contribution in [2.24, 2.45) is 0 Å². The van der Waals surface area contributed by atoms with Gasteiger partial charge in [-0.05, 0) is 67.4 Å². The van der Waals surface area contributed by atoms with Crippen molar-refractivity contribution < 1.29 is 4.74 Å². The first-order valence-corrected chi connectivity index (χ1v) is 11.0. The van der Waals surface area contributed by atoms with E-state index >= 15 is 0 Å². The molecule has 0 saturated heterocycles. The molecule has 5 rings (SSSR count). The minimum absolute atomic E-state index is 0.447. The number of hydrogen-bond donors (Lipinski definition) is 1. The second-order valence-corrected chi connectivity index (χ2v) is 8.34. The fourth-order valence-electron chi connectivity index (χ4n) is 3.33. The lowest BCUT2D eigenvalue weighted by Crippen LogP contribution is -2.02. The van der Waals surface area contributed by atoms with E-state index in [4.69, 9.17) is 15.5 Å². The van der Waals surface area contributed by atoms with E-state index in [9.17, 15) is 0 Å². The lowest BCUT2D eigenvalue weighted by molar-refractivity contribution is 0.482. The summed E-state index contributed by atoms with van der Waals surface area (Å²) >= 11 is 1.51. The molecule has 158 valence electrons. The molecule has 0 saturated carbocycles. The summed E-state index contributed by atoms with van der Waals surface area (Å²) in [5.74, 6) is 1.96. The van der Waals surface area contributed by atoms with Gasteiger partial charge >= 0.3 is 0 Å². The lowest BCUT2D eigenvalue weighted by atomic mass is 10.1. The molecule has 0 bridgehead atoms. The van der Waals surface area contributed by atoms with Gasteiger partial charge in [-0.3, -0.25) is 0 Å². The first kappa shape index (κ1) is 20.0. The van der Waals surface area contributed by atoms with E-state index < -0.39 is 0 Å². The molecule has 0 aliphatic heterocycles. The number of anilines is 1. The summed E-state index contributed by atoms with van der Waals surface area (Å²) in [5.41, 5.74) is 12.3. The van der Waals surface area contributed by atoms with E-state index in [2.05, 4.69) is 42.4 Å². The number of nitrogen functional groups attached to an aromatic ring is 1. The molecule has 0 aliphatic carbocycles. The highest BCUT2D eigenvalue weighted by atomic mass is 32.1. The van der Waals surface area contributed by atoms with Crippen LogP contribution < -0.4 is 10.5 Å². The number of aromatic nitrogens is 4. The number of thiazole rings is 1. The van der Waals surface area contributed by atoms with Crippen LogP contribution in [-0.4, -0.2) is 20.0 Å². The molecule has 2 heterocycles. The number of rotatable bonds is 5. The van der Waals surface area contributed by atoms with Crippen molar-refractivity contribution in [3.63, 3.8) is 0 Å². The zero-order valence-electron chi connectivity index (χ0n) is 17.7. The monoisotopic (exact) mass is 439 g/mol. The Labute approximate surface area is 189 Å². The van der Waals surface area contributed by atoms with Gasteiger partial charge in [-0.25, -0.2) is 4.98 Å². The highest BCUT2D eigenvalue weighted by Crippen LogP contribution is 2.32. The Bertz CT molecular complexity index is 1370. The van der Waals surface area contributed by atoms with E-state index in [0.717, 1.165) is 33.5 Å². The van der Waals surface area contributed by atoms with Crippen LogP contribution in [0.25, 0.3) is 27.6 Å². The quantitative estimate of drug-likeness (QED) is 0.361. The van der Waals surface area contributed by atoms with Crippen LogP contribution in [0.5, 0.6) is 11.5 Å². The number of hydrogen-bond acceptors (Lipinski definition) is 6. The van der Waals surface area contributed by atoms with Crippen molar-refractivity contribution in [2.75, 3.05) is 5.73 Å². The predicted molar refractivity (Wildman–Crippen MR) is 128 cm³/mol. The molecule has 2 N–H and O–H groups in total. The van der Waals surface area contributed by atoms with Crippen LogP contribution in [0, 0.1) is 13.8 Å². The normalized spacial score (nSPS) is 10.9. The van der Waals surface area contributed by atoms with Crippen molar-refractivity contribution in [3.8, 4) is 39.1 Å². The molecule has 6 nitrogen and oxygen atoms in total. The highest BCUT2D eigenvalue weighted by Gasteiger charge is 2.17. The molecular weight excluding hydrogens is 418 g/mol. The van der Waals surface area contributed by atoms with Crippen LogP contribution in [0.1, 0.15) is 11.1 Å². The fourth-order valence-corrected chi connectivity index (χ4v) is 4.15. The van der Waals surface area contributed by atoms with Gasteiger partial charge in [0.2, 0.25) is 0 Å². The number of ether oxygens (including phenoxy) is 1. The van der Waals surface area contributed by atoms with Crippen molar-refractivity contribution >= 4 is 17.2 Å². The minimum atomic E-state index is 0.447. The van der Waals surface area contributed by atoms with Crippen molar-refractivity contribution in [3.05, 3.63) is 89.3 Å². The van der Waals surface area contributed by atoms with Crippen LogP contribution >= 0.6 is 11.3 Å². The number of aryl methyl sites for hydroxylation is 2. The molecule has 0 unspecified atom stereocenters. The third-order valence-electron chi connectivity index (χ3n) is 5.27. The molecular formula is C25H21N5OS. The van der Waals surface area contributed by atoms with Crippen LogP contribution in [0.15, 0.2) is 78.2 Å². The lowest BCUT2D eigenvalue weighted by Gasteiger charge is -2.07. The van der Waals surface area contributed by atoms with Gasteiger partial charge in [-0.15, -0.1) is 16.4 Å². The maximum Gasteiger partial charge on any atom is 0.165 e. The summed E-state index contributed by atoms with van der Waals surface area (Å²) in [4.78, 5) is 4.75. The zero-order valence-corrected chi connectivity index (χ0v) is 18.5. The molecule has 0 radical (unpaired) electrons. The molecule has 0 aliphatic rings. The SMILES string of the molecule is Cc1ccc(-c2csc(-c3nnn(-c4ccc(Oc5ccccc5)cc4)c3N)n2)cc1C. The molecule has 5 aromatic rings. The second-order valence-electron chi connectivity index (χ2n) is 7.48. The van der Waals surface area contributed by atoms with E-state index in [-0.39, 0.29) is 0 Å². The molecule has 32 heavy (non-hydrogen) atoms. The van der Waals surface area contributed by atoms with Gasteiger partial charge in [0.1, 0.15) is 16.5 Å². The Morgan fingerprint density at radius 1 is 0.875 bits per heavy atom. The smallest absolute Gasteiger partial charge is 0.165 e. The Morgan fingerprint density at radius 3 is 2.38 bits per heavy atom. The summed E-state index contributed by atoms with van der Waals surface area (Å²) < 4.78 is 7.46. The Morgan fingerprint density at radius 2 is 1.62 bits per heavy atom. The Kier molecular flexibility index (Phi) is 5.17. The van der Waals surface area contributed by atoms with Gasteiger partial charge in [0.05, 0.1) is 11.4 Å². The maximum atomic E-state index is 6.39. The predicted octanol–water partition coefficient (Wildman–Crippen LogP) is 6.05. The molecule has 0 fully saturated rings. The minimum Gasteiger partial charge on any atom is -0.457 e. The Balaban J connectivity index is 1.39. The van der Waals surface area contributed by atoms with Gasteiger partial charge in [0.25, 0.3) is 0 Å². The zero-order chi connectivity index (χ0) is 22.1. The summed E-state index contributed by atoms with van der Waals surface area (Å²) in [5, 5.41) is 11.3. The molecule has 7 heteroatoms. The van der Waals surface area contributed by atoms with Crippen LogP contribution in [0.2, 0.25) is 0 Å². The summed E-state index contributed by atoms with van der Waals surface area (Å²) in [6.07, 6.45) is 0. The standard InChI is InChI=1S/C25H21N5OS/c1-16-8-9-18(14-17(16)2)22-15-32-25(27-22)23-24(26)30(29-28-23)19-10-12-21(13-11-19)31-20-6-4-3-5-7-20/h3-15H,26H2,1-2H3. The van der Waals surface area contributed by atoms with Gasteiger partial charge < -0.3 is 10.5 Å². The first-order chi connectivity index (χ1) is 15.6. The van der Waals surface area contributed by atoms with Gasteiger partial charge in [0.15, 0.2) is 11.5 Å². The third kappa shape index (κ3) is 3.86. The van der Waals surface area contributed by atoms with E-state index in [1.54, 1.807) is 4.68 Å². The average Bonchev–Trinajstić information content (AvgIpc) is 3.44. The molecule has 3 aromatic carbocycles. The van der Waals surface area contributed by atoms with Gasteiger partial charge in [-0.2, -0.15) is 4.68 Å². The van der Waals surface area contributed by atoms with Gasteiger partial charge in [0, 0.05) is 10.9 Å². The Hall–Kier alpha value is -3.97. The van der Waals surface area contributed by atoms with E-state index in [1.165, 1.54) is 22.5 Å². The topological polar surface area (TPSA) is 78.8 Å². The van der Waals surface area contributed by atoms with Crippen LogP contribution in [0.4, 0.5) is 5.82 Å². The van der Waals surface area contributed by atoms with Crippen LogP contribution in [0.3, 0.4) is 0 Å². The van der Waals surface area contributed by atoms with Crippen molar-refractivity contribution in [1.29, 1.82) is 0 Å². The molecule has 2 aromatic heterocycles. The molecule has 0 amide bonds. The summed E-state index contributed by atoms with van der Waals surface area (Å²) in [7, 11) is 0.